The Hall–Kier alpha value is -2.03. The van der Waals surface area contributed by atoms with E-state index in [4.69, 9.17) is 0 Å². The van der Waals surface area contributed by atoms with Crippen LogP contribution in [0.4, 0.5) is 22.0 Å². The highest BCUT2D eigenvalue weighted by Crippen LogP contribution is 2.40. The maximum atomic E-state index is 14.1. The lowest BCUT2D eigenvalue weighted by atomic mass is 10.0. The van der Waals surface area contributed by atoms with E-state index in [0.717, 1.165) is 29.5 Å². The fourth-order valence-electron chi connectivity index (χ4n) is 3.15. The molecule has 0 aliphatic heterocycles. The third kappa shape index (κ3) is 4.76. The molecule has 0 heterocycles. The molecule has 1 saturated carbocycles. The van der Waals surface area contributed by atoms with Gasteiger partial charge in [0, 0.05) is 17.5 Å². The maximum absolute atomic E-state index is 14.1. The van der Waals surface area contributed by atoms with Crippen molar-refractivity contribution in [2.75, 3.05) is 6.26 Å². The molecule has 1 aliphatic rings. The number of thioether (sulfide) groups is 1. The summed E-state index contributed by atoms with van der Waals surface area (Å²) in [5.41, 5.74) is 2.98. The van der Waals surface area contributed by atoms with Crippen LogP contribution in [0.5, 0.6) is 0 Å². The molecule has 0 bridgehead atoms. The molecule has 0 spiro atoms. The Morgan fingerprint density at radius 1 is 0.742 bits per heavy atom. The van der Waals surface area contributed by atoms with Gasteiger partial charge in [-0.2, -0.15) is 0 Å². The van der Waals surface area contributed by atoms with Crippen molar-refractivity contribution in [3.05, 3.63) is 83.2 Å². The topological polar surface area (TPSA) is 3.24 Å². The molecule has 31 heavy (non-hydrogen) atoms. The summed E-state index contributed by atoms with van der Waals surface area (Å²) in [5, 5.41) is 0. The molecule has 8 heteroatoms. The highest BCUT2D eigenvalue weighted by atomic mass is 32.2. The average molecular weight is 468 g/mol. The summed E-state index contributed by atoms with van der Waals surface area (Å²) in [6, 6.07) is 15.9. The van der Waals surface area contributed by atoms with Crippen molar-refractivity contribution >= 4 is 23.7 Å². The van der Waals surface area contributed by atoms with Gasteiger partial charge in [0.15, 0.2) is 23.3 Å². The highest BCUT2D eigenvalue weighted by molar-refractivity contribution is 7.98. The van der Waals surface area contributed by atoms with Crippen molar-refractivity contribution in [3.8, 4) is 11.1 Å². The summed E-state index contributed by atoms with van der Waals surface area (Å²) >= 11 is 2.25. The second kappa shape index (κ2) is 9.22. The summed E-state index contributed by atoms with van der Waals surface area (Å²) < 4.78 is 70.3. The van der Waals surface area contributed by atoms with Crippen molar-refractivity contribution < 1.29 is 22.0 Å². The third-order valence-electron chi connectivity index (χ3n) is 5.05. The van der Waals surface area contributed by atoms with Crippen LogP contribution in [0.2, 0.25) is 0 Å². The zero-order valence-electron chi connectivity index (χ0n) is 16.5. The van der Waals surface area contributed by atoms with Crippen LogP contribution in [-0.2, 0) is 6.54 Å². The molecule has 0 amide bonds. The first-order valence-electron chi connectivity index (χ1n) is 9.58. The quantitative estimate of drug-likeness (QED) is 0.117. The fraction of sp³-hybridized carbons (Fsp3) is 0.217. The molecular formula is C23H18F5NS2. The standard InChI is InChI=1S/C23H18F5NS2/c1-30-17-10-6-15(7-11-17)14-4-2-13(3-5-14)12-29(16-8-9-16)31-23-21(27)19(25)18(24)20(26)22(23)28/h2-7,10-11,16H,8-9,12H2,1H3. The van der Waals surface area contributed by atoms with Crippen molar-refractivity contribution in [1.29, 1.82) is 0 Å². The lowest BCUT2D eigenvalue weighted by Crippen LogP contribution is -2.19. The zero-order valence-corrected chi connectivity index (χ0v) is 18.1. The number of hydrogen-bond acceptors (Lipinski definition) is 3. The molecule has 0 saturated heterocycles. The van der Waals surface area contributed by atoms with Gasteiger partial charge in [-0.25, -0.2) is 26.3 Å². The van der Waals surface area contributed by atoms with E-state index in [0.29, 0.717) is 18.5 Å². The number of benzene rings is 3. The Morgan fingerprint density at radius 2 is 1.23 bits per heavy atom. The smallest absolute Gasteiger partial charge is 0.200 e. The van der Waals surface area contributed by atoms with Crippen LogP contribution in [0, 0.1) is 29.1 Å². The monoisotopic (exact) mass is 467 g/mol. The van der Waals surface area contributed by atoms with Gasteiger partial charge in [-0.15, -0.1) is 11.8 Å². The van der Waals surface area contributed by atoms with E-state index in [-0.39, 0.29) is 6.04 Å². The normalized spacial score (nSPS) is 13.8. The van der Waals surface area contributed by atoms with Crippen LogP contribution in [-0.4, -0.2) is 16.6 Å². The Labute approximate surface area is 185 Å². The van der Waals surface area contributed by atoms with E-state index >= 15 is 0 Å². The van der Waals surface area contributed by atoms with Crippen LogP contribution in [0.1, 0.15) is 18.4 Å². The highest BCUT2D eigenvalue weighted by Gasteiger charge is 2.34. The average Bonchev–Trinajstić information content (AvgIpc) is 3.64. The zero-order chi connectivity index (χ0) is 22.1. The largest absolute Gasteiger partial charge is 0.239 e. The van der Waals surface area contributed by atoms with E-state index < -0.39 is 34.0 Å². The summed E-state index contributed by atoms with van der Waals surface area (Å²) in [5.74, 6) is -9.58. The van der Waals surface area contributed by atoms with E-state index in [2.05, 4.69) is 0 Å². The van der Waals surface area contributed by atoms with Gasteiger partial charge < -0.3 is 0 Å². The van der Waals surface area contributed by atoms with E-state index in [1.165, 1.54) is 4.90 Å². The van der Waals surface area contributed by atoms with E-state index in [9.17, 15) is 22.0 Å². The van der Waals surface area contributed by atoms with Gasteiger partial charge in [-0.05, 0) is 59.9 Å². The Kier molecular flexibility index (Phi) is 6.60. The van der Waals surface area contributed by atoms with Gasteiger partial charge >= 0.3 is 0 Å². The van der Waals surface area contributed by atoms with Gasteiger partial charge in [0.25, 0.3) is 0 Å². The van der Waals surface area contributed by atoms with Crippen molar-refractivity contribution in [1.82, 2.24) is 4.31 Å². The lowest BCUT2D eigenvalue weighted by molar-refractivity contribution is 0.358. The molecule has 1 nitrogen and oxygen atoms in total. The van der Waals surface area contributed by atoms with Gasteiger partial charge in [-0.1, -0.05) is 36.4 Å². The van der Waals surface area contributed by atoms with Crippen LogP contribution in [0.25, 0.3) is 11.1 Å². The number of rotatable bonds is 7. The number of nitrogens with zero attached hydrogens (tertiary/aromatic N) is 1. The van der Waals surface area contributed by atoms with Crippen molar-refractivity contribution in [3.63, 3.8) is 0 Å². The molecule has 1 aliphatic carbocycles. The molecule has 3 aromatic carbocycles. The van der Waals surface area contributed by atoms with Crippen LogP contribution < -0.4 is 0 Å². The molecular weight excluding hydrogens is 449 g/mol. The minimum Gasteiger partial charge on any atom is -0.239 e. The minimum absolute atomic E-state index is 0.0266. The van der Waals surface area contributed by atoms with E-state index in [1.54, 1.807) is 16.1 Å². The van der Waals surface area contributed by atoms with Crippen LogP contribution in [0.3, 0.4) is 0 Å². The summed E-state index contributed by atoms with van der Waals surface area (Å²) in [6.07, 6.45) is 3.63. The van der Waals surface area contributed by atoms with Crippen molar-refractivity contribution in [2.24, 2.45) is 0 Å². The van der Waals surface area contributed by atoms with Crippen molar-refractivity contribution in [2.45, 2.75) is 35.2 Å². The molecule has 162 valence electrons. The second-order valence-electron chi connectivity index (χ2n) is 7.22. The molecule has 0 unspecified atom stereocenters. The first-order valence-corrected chi connectivity index (χ1v) is 11.6. The summed E-state index contributed by atoms with van der Waals surface area (Å²) in [6.45, 7) is 0.320. The summed E-state index contributed by atoms with van der Waals surface area (Å²) in [7, 11) is 0. The minimum atomic E-state index is -2.14. The predicted molar refractivity (Wildman–Crippen MR) is 114 cm³/mol. The lowest BCUT2D eigenvalue weighted by Gasteiger charge is -2.22. The van der Waals surface area contributed by atoms with Crippen LogP contribution in [0.15, 0.2) is 58.3 Å². The molecule has 0 atom stereocenters. The molecule has 0 aromatic heterocycles. The third-order valence-corrected chi connectivity index (χ3v) is 6.99. The van der Waals surface area contributed by atoms with Gasteiger partial charge in [-0.3, -0.25) is 0 Å². The molecule has 0 radical (unpaired) electrons. The Morgan fingerprint density at radius 3 is 1.71 bits per heavy atom. The molecule has 3 aromatic rings. The molecule has 1 fully saturated rings. The van der Waals surface area contributed by atoms with Gasteiger partial charge in [0.1, 0.15) is 4.90 Å². The SMILES string of the molecule is CSc1ccc(-c2ccc(CN(Sc3c(F)c(F)c(F)c(F)c3F)C3CC3)cc2)cc1. The summed E-state index contributed by atoms with van der Waals surface area (Å²) in [4.78, 5) is 0.305. The number of hydrogen-bond donors (Lipinski definition) is 0. The van der Waals surface area contributed by atoms with Gasteiger partial charge in [0.2, 0.25) is 5.82 Å². The maximum Gasteiger partial charge on any atom is 0.200 e. The Balaban J connectivity index is 1.53. The fourth-order valence-corrected chi connectivity index (χ4v) is 4.70. The first-order chi connectivity index (χ1) is 14.9. The predicted octanol–water partition coefficient (Wildman–Crippen LogP) is 7.44. The number of halogens is 5. The molecule has 4 rings (SSSR count). The molecule has 0 N–H and O–H groups in total. The first kappa shape index (κ1) is 22.2. The van der Waals surface area contributed by atoms with Gasteiger partial charge in [0.05, 0.1) is 0 Å². The van der Waals surface area contributed by atoms with E-state index in [1.807, 2.05) is 54.8 Å². The second-order valence-corrected chi connectivity index (χ2v) is 9.16. The van der Waals surface area contributed by atoms with Crippen LogP contribution >= 0.6 is 23.7 Å². The Bertz CT molecular complexity index is 1050.